The molecule has 0 saturated heterocycles. The van der Waals surface area contributed by atoms with Crippen LogP contribution >= 0.6 is 0 Å². The molecule has 4 aromatic rings. The van der Waals surface area contributed by atoms with Crippen LogP contribution in [0.15, 0.2) is 88.7 Å². The molecule has 0 unspecified atom stereocenters. The second-order valence-electron chi connectivity index (χ2n) is 6.99. The Labute approximate surface area is 166 Å². The molecular formula is C24H23NO2S. The van der Waals surface area contributed by atoms with E-state index in [1.807, 2.05) is 42.5 Å². The molecule has 1 heterocycles. The number of rotatable bonds is 6. The fourth-order valence-electron chi connectivity index (χ4n) is 3.54. The van der Waals surface area contributed by atoms with Gasteiger partial charge in [-0.3, -0.25) is 0 Å². The number of aryl methyl sites for hydroxylation is 1. The van der Waals surface area contributed by atoms with E-state index in [2.05, 4.69) is 24.0 Å². The van der Waals surface area contributed by atoms with E-state index in [-0.39, 0.29) is 0 Å². The highest BCUT2D eigenvalue weighted by Crippen LogP contribution is 2.37. The van der Waals surface area contributed by atoms with Crippen LogP contribution in [0.4, 0.5) is 0 Å². The molecule has 3 nitrogen and oxygen atoms in total. The Balaban J connectivity index is 1.89. The minimum Gasteiger partial charge on any atom is -0.353 e. The van der Waals surface area contributed by atoms with Crippen LogP contribution in [0.2, 0.25) is 0 Å². The number of hydrogen-bond donors (Lipinski definition) is 1. The smallest absolute Gasteiger partial charge is 0.209 e. The SMILES string of the molecule is CCCCc1ccc(-c2[nH]c3ccccc3c2S(=O)(=O)c2ccccc2)cc1. The molecule has 4 rings (SSSR count). The van der Waals surface area contributed by atoms with Gasteiger partial charge in [0.1, 0.15) is 4.90 Å². The van der Waals surface area contributed by atoms with Crippen LogP contribution in [0.25, 0.3) is 22.2 Å². The van der Waals surface area contributed by atoms with Crippen LogP contribution in [-0.2, 0) is 16.3 Å². The summed E-state index contributed by atoms with van der Waals surface area (Å²) in [6, 6.07) is 24.4. The van der Waals surface area contributed by atoms with Gasteiger partial charge >= 0.3 is 0 Å². The minimum atomic E-state index is -3.66. The van der Waals surface area contributed by atoms with Crippen LogP contribution < -0.4 is 0 Å². The molecule has 1 aromatic heterocycles. The summed E-state index contributed by atoms with van der Waals surface area (Å²) in [7, 11) is -3.66. The fourth-order valence-corrected chi connectivity index (χ4v) is 5.19. The number of aromatic nitrogens is 1. The van der Waals surface area contributed by atoms with E-state index in [1.54, 1.807) is 24.3 Å². The van der Waals surface area contributed by atoms with Crippen LogP contribution in [0.5, 0.6) is 0 Å². The Morgan fingerprint density at radius 2 is 1.50 bits per heavy atom. The van der Waals surface area contributed by atoms with Gasteiger partial charge < -0.3 is 4.98 Å². The molecule has 0 aliphatic rings. The molecule has 0 spiro atoms. The number of sulfone groups is 1. The van der Waals surface area contributed by atoms with Crippen molar-refractivity contribution in [2.24, 2.45) is 0 Å². The maximum absolute atomic E-state index is 13.5. The Kier molecular flexibility index (Phi) is 5.05. The monoisotopic (exact) mass is 389 g/mol. The van der Waals surface area contributed by atoms with E-state index in [0.717, 1.165) is 35.7 Å². The molecule has 0 atom stereocenters. The van der Waals surface area contributed by atoms with Gasteiger partial charge in [0.15, 0.2) is 0 Å². The average molecular weight is 390 g/mol. The Bertz CT molecular complexity index is 1190. The molecule has 142 valence electrons. The van der Waals surface area contributed by atoms with Gasteiger partial charge in [-0.2, -0.15) is 0 Å². The zero-order valence-corrected chi connectivity index (χ0v) is 16.7. The highest BCUT2D eigenvalue weighted by Gasteiger charge is 2.26. The maximum Gasteiger partial charge on any atom is 0.209 e. The Hall–Kier alpha value is -2.85. The normalized spacial score (nSPS) is 11.8. The number of para-hydroxylation sites is 1. The van der Waals surface area contributed by atoms with Crippen molar-refractivity contribution >= 4 is 20.7 Å². The lowest BCUT2D eigenvalue weighted by molar-refractivity contribution is 0.597. The van der Waals surface area contributed by atoms with E-state index < -0.39 is 9.84 Å². The van der Waals surface area contributed by atoms with Crippen LogP contribution in [-0.4, -0.2) is 13.4 Å². The number of unbranched alkanes of at least 4 members (excludes halogenated alkanes) is 1. The molecule has 0 amide bonds. The van der Waals surface area contributed by atoms with E-state index in [1.165, 1.54) is 5.56 Å². The van der Waals surface area contributed by atoms with Crippen molar-refractivity contribution in [1.29, 1.82) is 0 Å². The summed E-state index contributed by atoms with van der Waals surface area (Å²) in [5.74, 6) is 0. The van der Waals surface area contributed by atoms with E-state index >= 15 is 0 Å². The molecule has 4 heteroatoms. The summed E-state index contributed by atoms with van der Waals surface area (Å²) in [4.78, 5) is 3.99. The van der Waals surface area contributed by atoms with Crippen molar-refractivity contribution in [2.45, 2.75) is 36.0 Å². The van der Waals surface area contributed by atoms with E-state index in [4.69, 9.17) is 0 Å². The second kappa shape index (κ2) is 7.64. The summed E-state index contributed by atoms with van der Waals surface area (Å²) in [5, 5.41) is 0.719. The molecule has 1 N–H and O–H groups in total. The molecule has 0 radical (unpaired) electrons. The number of H-pyrrole nitrogens is 1. The van der Waals surface area contributed by atoms with Crippen molar-refractivity contribution in [3.05, 3.63) is 84.4 Å². The van der Waals surface area contributed by atoms with Crippen molar-refractivity contribution in [3.63, 3.8) is 0 Å². The lowest BCUT2D eigenvalue weighted by atomic mass is 10.0. The Morgan fingerprint density at radius 3 is 2.21 bits per heavy atom. The predicted octanol–water partition coefficient (Wildman–Crippen LogP) is 6.01. The molecular weight excluding hydrogens is 366 g/mol. The van der Waals surface area contributed by atoms with E-state index in [9.17, 15) is 8.42 Å². The first kappa shape index (κ1) is 18.5. The molecule has 0 fully saturated rings. The third kappa shape index (κ3) is 3.36. The number of hydrogen-bond acceptors (Lipinski definition) is 2. The Morgan fingerprint density at radius 1 is 0.821 bits per heavy atom. The quantitative estimate of drug-likeness (QED) is 0.439. The van der Waals surface area contributed by atoms with Gasteiger partial charge in [0.25, 0.3) is 0 Å². The summed E-state index contributed by atoms with van der Waals surface area (Å²) < 4.78 is 27.0. The van der Waals surface area contributed by atoms with Gasteiger partial charge in [-0.15, -0.1) is 0 Å². The van der Waals surface area contributed by atoms with Crippen molar-refractivity contribution in [2.75, 3.05) is 0 Å². The third-order valence-corrected chi connectivity index (χ3v) is 6.90. The van der Waals surface area contributed by atoms with Gasteiger partial charge in [0.05, 0.1) is 10.6 Å². The van der Waals surface area contributed by atoms with Crippen molar-refractivity contribution < 1.29 is 8.42 Å². The predicted molar refractivity (Wildman–Crippen MR) is 114 cm³/mol. The number of nitrogens with one attached hydrogen (secondary N) is 1. The zero-order chi connectivity index (χ0) is 19.6. The molecule has 0 aliphatic carbocycles. The number of benzene rings is 3. The molecule has 0 bridgehead atoms. The first-order valence-corrected chi connectivity index (χ1v) is 11.1. The van der Waals surface area contributed by atoms with E-state index in [0.29, 0.717) is 15.5 Å². The maximum atomic E-state index is 13.5. The lowest BCUT2D eigenvalue weighted by Crippen LogP contribution is -2.03. The third-order valence-electron chi connectivity index (χ3n) is 5.04. The topological polar surface area (TPSA) is 49.9 Å². The summed E-state index contributed by atoms with van der Waals surface area (Å²) in [5.41, 5.74) is 3.62. The fraction of sp³-hybridized carbons (Fsp3) is 0.167. The van der Waals surface area contributed by atoms with Gasteiger partial charge in [-0.25, -0.2) is 8.42 Å². The van der Waals surface area contributed by atoms with Gasteiger partial charge in [0, 0.05) is 10.9 Å². The largest absolute Gasteiger partial charge is 0.353 e. The summed E-state index contributed by atoms with van der Waals surface area (Å²) in [6.45, 7) is 2.18. The summed E-state index contributed by atoms with van der Waals surface area (Å²) in [6.07, 6.45) is 3.35. The molecule has 28 heavy (non-hydrogen) atoms. The average Bonchev–Trinajstić information content (AvgIpc) is 3.13. The zero-order valence-electron chi connectivity index (χ0n) is 15.9. The second-order valence-corrected chi connectivity index (χ2v) is 8.88. The molecule has 3 aromatic carbocycles. The first-order valence-electron chi connectivity index (χ1n) is 9.61. The van der Waals surface area contributed by atoms with Crippen molar-refractivity contribution in [3.8, 4) is 11.3 Å². The van der Waals surface area contributed by atoms with Crippen LogP contribution in [0.1, 0.15) is 25.3 Å². The highest BCUT2D eigenvalue weighted by molar-refractivity contribution is 7.91. The molecule has 0 aliphatic heterocycles. The van der Waals surface area contributed by atoms with Gasteiger partial charge in [-0.05, 0) is 42.2 Å². The van der Waals surface area contributed by atoms with Crippen LogP contribution in [0, 0.1) is 0 Å². The minimum absolute atomic E-state index is 0.306. The molecule has 0 saturated carbocycles. The van der Waals surface area contributed by atoms with Crippen molar-refractivity contribution in [1.82, 2.24) is 4.98 Å². The first-order chi connectivity index (χ1) is 13.6. The number of fused-ring (bicyclic) bond motifs is 1. The van der Waals surface area contributed by atoms with Gasteiger partial charge in [0.2, 0.25) is 9.84 Å². The highest BCUT2D eigenvalue weighted by atomic mass is 32.2. The number of aromatic amines is 1. The lowest BCUT2D eigenvalue weighted by Gasteiger charge is -2.08. The van der Waals surface area contributed by atoms with Gasteiger partial charge in [-0.1, -0.05) is 74.0 Å². The standard InChI is InChI=1S/C24H23NO2S/c1-2-3-9-18-14-16-19(17-15-18)23-24(21-12-7-8-13-22(21)25-23)28(26,27)20-10-5-4-6-11-20/h4-8,10-17,25H,2-3,9H2,1H3. The summed E-state index contributed by atoms with van der Waals surface area (Å²) >= 11 is 0. The van der Waals surface area contributed by atoms with Crippen LogP contribution in [0.3, 0.4) is 0 Å².